The molecule has 1 fully saturated rings. The van der Waals surface area contributed by atoms with Gasteiger partial charge in [0.25, 0.3) is 0 Å². The fourth-order valence-electron chi connectivity index (χ4n) is 2.09. The Hall–Kier alpha value is -1.11. The summed E-state index contributed by atoms with van der Waals surface area (Å²) in [7, 11) is -3.42. The van der Waals surface area contributed by atoms with E-state index in [9.17, 15) is 8.42 Å². The van der Waals surface area contributed by atoms with Gasteiger partial charge in [-0.15, -0.1) is 0 Å². The smallest absolute Gasteiger partial charge is 0.243 e. The van der Waals surface area contributed by atoms with Crippen LogP contribution in [0.2, 0.25) is 0 Å². The number of hydrogen-bond donors (Lipinski definition) is 1. The summed E-state index contributed by atoms with van der Waals surface area (Å²) in [6.07, 6.45) is 0.717. The molecule has 2 rings (SSSR count). The van der Waals surface area contributed by atoms with E-state index in [4.69, 9.17) is 10.5 Å². The van der Waals surface area contributed by atoms with Crippen LogP contribution in [0.5, 0.6) is 5.75 Å². The fourth-order valence-corrected chi connectivity index (χ4v) is 3.60. The highest BCUT2D eigenvalue weighted by Gasteiger charge is 2.30. The number of rotatable bonds is 5. The largest absolute Gasteiger partial charge is 0.493 e. The SMILES string of the molecule is CC(C)COc1ccc(S(=O)(=O)N2CC[C@H](N)C2)cc1. The van der Waals surface area contributed by atoms with E-state index in [-0.39, 0.29) is 6.04 Å². The predicted octanol–water partition coefficient (Wildman–Crippen LogP) is 1.44. The van der Waals surface area contributed by atoms with Crippen LogP contribution >= 0.6 is 0 Å². The molecule has 0 amide bonds. The Balaban J connectivity index is 2.09. The molecule has 0 bridgehead atoms. The lowest BCUT2D eigenvalue weighted by molar-refractivity contribution is 0.271. The third-order valence-electron chi connectivity index (χ3n) is 3.23. The van der Waals surface area contributed by atoms with Gasteiger partial charge in [-0.2, -0.15) is 4.31 Å². The first kappa shape index (κ1) is 15.3. The molecular weight excluding hydrogens is 276 g/mol. The minimum absolute atomic E-state index is 0.0570. The molecule has 0 spiro atoms. The second-order valence-electron chi connectivity index (χ2n) is 5.59. The average molecular weight is 298 g/mol. The normalized spacial score (nSPS) is 20.5. The van der Waals surface area contributed by atoms with Gasteiger partial charge in [-0.25, -0.2) is 8.42 Å². The summed E-state index contributed by atoms with van der Waals surface area (Å²) in [6.45, 7) is 5.64. The first-order chi connectivity index (χ1) is 9.39. The summed E-state index contributed by atoms with van der Waals surface area (Å²) in [5.74, 6) is 1.13. The first-order valence-electron chi connectivity index (χ1n) is 6.88. The van der Waals surface area contributed by atoms with Crippen LogP contribution in [0.25, 0.3) is 0 Å². The molecule has 2 N–H and O–H groups in total. The lowest BCUT2D eigenvalue weighted by Gasteiger charge is -2.16. The second-order valence-corrected chi connectivity index (χ2v) is 7.53. The topological polar surface area (TPSA) is 72.6 Å². The average Bonchev–Trinajstić information content (AvgIpc) is 2.84. The fraction of sp³-hybridized carbons (Fsp3) is 0.571. The van der Waals surface area contributed by atoms with Crippen LogP contribution in [0.15, 0.2) is 29.2 Å². The van der Waals surface area contributed by atoms with E-state index in [1.807, 2.05) is 0 Å². The predicted molar refractivity (Wildman–Crippen MR) is 78.1 cm³/mol. The molecule has 112 valence electrons. The summed E-state index contributed by atoms with van der Waals surface area (Å²) in [6, 6.07) is 6.53. The van der Waals surface area contributed by atoms with Crippen molar-refractivity contribution >= 4 is 10.0 Å². The van der Waals surface area contributed by atoms with Crippen LogP contribution in [0.1, 0.15) is 20.3 Å². The Kier molecular flexibility index (Phi) is 4.67. The van der Waals surface area contributed by atoms with Crippen molar-refractivity contribution in [2.24, 2.45) is 11.7 Å². The lowest BCUT2D eigenvalue weighted by atomic mass is 10.2. The highest BCUT2D eigenvalue weighted by Crippen LogP contribution is 2.22. The maximum Gasteiger partial charge on any atom is 0.243 e. The van der Waals surface area contributed by atoms with Crippen molar-refractivity contribution in [2.45, 2.75) is 31.2 Å². The number of benzene rings is 1. The maximum atomic E-state index is 12.4. The molecule has 1 aromatic rings. The number of ether oxygens (including phenoxy) is 1. The van der Waals surface area contributed by atoms with Crippen LogP contribution in [-0.4, -0.2) is 38.5 Å². The van der Waals surface area contributed by atoms with Crippen LogP contribution in [0.3, 0.4) is 0 Å². The molecule has 5 nitrogen and oxygen atoms in total. The third-order valence-corrected chi connectivity index (χ3v) is 5.11. The van der Waals surface area contributed by atoms with Gasteiger partial charge in [-0.3, -0.25) is 0 Å². The van der Waals surface area contributed by atoms with Crippen molar-refractivity contribution in [2.75, 3.05) is 19.7 Å². The van der Waals surface area contributed by atoms with Gasteiger partial charge in [0.1, 0.15) is 5.75 Å². The van der Waals surface area contributed by atoms with Crippen molar-refractivity contribution in [3.63, 3.8) is 0 Å². The van der Waals surface area contributed by atoms with E-state index >= 15 is 0 Å². The van der Waals surface area contributed by atoms with Crippen molar-refractivity contribution in [1.82, 2.24) is 4.31 Å². The zero-order valence-corrected chi connectivity index (χ0v) is 12.8. The van der Waals surface area contributed by atoms with Crippen LogP contribution in [0.4, 0.5) is 0 Å². The highest BCUT2D eigenvalue weighted by atomic mass is 32.2. The van der Waals surface area contributed by atoms with Crippen molar-refractivity contribution < 1.29 is 13.2 Å². The van der Waals surface area contributed by atoms with E-state index in [0.29, 0.717) is 36.3 Å². The summed E-state index contributed by atoms with van der Waals surface area (Å²) in [5.41, 5.74) is 5.77. The summed E-state index contributed by atoms with van der Waals surface area (Å²) < 4.78 is 31.8. The van der Waals surface area contributed by atoms with Gasteiger partial charge < -0.3 is 10.5 Å². The van der Waals surface area contributed by atoms with Gasteiger partial charge in [-0.1, -0.05) is 13.8 Å². The molecular formula is C14H22N2O3S. The summed E-state index contributed by atoms with van der Waals surface area (Å²) in [4.78, 5) is 0.295. The van der Waals surface area contributed by atoms with Crippen molar-refractivity contribution in [3.8, 4) is 5.75 Å². The van der Waals surface area contributed by atoms with Gasteiger partial charge in [0.05, 0.1) is 11.5 Å². The molecule has 0 radical (unpaired) electrons. The van der Waals surface area contributed by atoms with Crippen molar-refractivity contribution in [3.05, 3.63) is 24.3 Å². The van der Waals surface area contributed by atoms with Crippen LogP contribution in [-0.2, 0) is 10.0 Å². The minimum atomic E-state index is -3.42. The molecule has 1 saturated heterocycles. The Bertz CT molecular complexity index is 540. The quantitative estimate of drug-likeness (QED) is 0.893. The van der Waals surface area contributed by atoms with Gasteiger partial charge in [0.2, 0.25) is 10.0 Å². The number of nitrogens with two attached hydrogens (primary N) is 1. The minimum Gasteiger partial charge on any atom is -0.493 e. The molecule has 1 heterocycles. The number of sulfonamides is 1. The summed E-state index contributed by atoms with van der Waals surface area (Å²) in [5, 5.41) is 0. The Morgan fingerprint density at radius 3 is 2.50 bits per heavy atom. The number of nitrogens with zero attached hydrogens (tertiary/aromatic N) is 1. The van der Waals surface area contributed by atoms with Gasteiger partial charge in [0.15, 0.2) is 0 Å². The van der Waals surface area contributed by atoms with E-state index in [0.717, 1.165) is 6.42 Å². The third kappa shape index (κ3) is 3.50. The molecule has 1 aromatic carbocycles. The van der Waals surface area contributed by atoms with Crippen molar-refractivity contribution in [1.29, 1.82) is 0 Å². The maximum absolute atomic E-state index is 12.4. The second kappa shape index (κ2) is 6.11. The monoisotopic (exact) mass is 298 g/mol. The molecule has 1 aliphatic heterocycles. The molecule has 0 aliphatic carbocycles. The molecule has 0 aromatic heterocycles. The lowest BCUT2D eigenvalue weighted by Crippen LogP contribution is -2.31. The standard InChI is InChI=1S/C14H22N2O3S/c1-11(2)10-19-13-3-5-14(6-4-13)20(17,18)16-8-7-12(15)9-16/h3-6,11-12H,7-10,15H2,1-2H3/t12-/m0/s1. The zero-order valence-electron chi connectivity index (χ0n) is 12.0. The van der Waals surface area contributed by atoms with Gasteiger partial charge in [0, 0.05) is 19.1 Å². The molecule has 0 unspecified atom stereocenters. The Labute approximate surface area is 120 Å². The summed E-state index contributed by atoms with van der Waals surface area (Å²) >= 11 is 0. The Morgan fingerprint density at radius 1 is 1.35 bits per heavy atom. The molecule has 20 heavy (non-hydrogen) atoms. The van der Waals surface area contributed by atoms with Crippen LogP contribution < -0.4 is 10.5 Å². The van der Waals surface area contributed by atoms with Crippen LogP contribution in [0, 0.1) is 5.92 Å². The highest BCUT2D eigenvalue weighted by molar-refractivity contribution is 7.89. The Morgan fingerprint density at radius 2 is 2.00 bits per heavy atom. The molecule has 1 atom stereocenters. The van der Waals surface area contributed by atoms with E-state index in [1.165, 1.54) is 4.31 Å². The first-order valence-corrected chi connectivity index (χ1v) is 8.32. The molecule has 1 aliphatic rings. The van der Waals surface area contributed by atoms with E-state index < -0.39 is 10.0 Å². The van der Waals surface area contributed by atoms with E-state index in [1.54, 1.807) is 24.3 Å². The van der Waals surface area contributed by atoms with Gasteiger partial charge in [-0.05, 0) is 36.6 Å². The van der Waals surface area contributed by atoms with E-state index in [2.05, 4.69) is 13.8 Å². The molecule has 0 saturated carbocycles. The molecule has 6 heteroatoms. The number of hydrogen-bond acceptors (Lipinski definition) is 4. The van der Waals surface area contributed by atoms with Gasteiger partial charge >= 0.3 is 0 Å². The zero-order chi connectivity index (χ0) is 14.8.